The topological polar surface area (TPSA) is 89.6 Å². The molecule has 2 aliphatic heterocycles. The number of benzene rings is 2. The van der Waals surface area contributed by atoms with Crippen LogP contribution in [0.2, 0.25) is 39.3 Å². The highest BCUT2D eigenvalue weighted by Gasteiger charge is 2.50. The second-order valence-corrected chi connectivity index (χ2v) is 23.1. The van der Waals surface area contributed by atoms with Crippen molar-refractivity contribution >= 4 is 49.0 Å². The summed E-state index contributed by atoms with van der Waals surface area (Å²) in [6.45, 7) is 15.6. The maximum atomic E-state index is 13.7. The number of hydrogen-bond acceptors (Lipinski definition) is 6. The van der Waals surface area contributed by atoms with E-state index in [-0.39, 0.29) is 12.1 Å². The van der Waals surface area contributed by atoms with E-state index in [0.717, 1.165) is 63.2 Å². The molecule has 224 valence electrons. The molecule has 13 heteroatoms. The van der Waals surface area contributed by atoms with Gasteiger partial charge in [0, 0.05) is 37.6 Å². The van der Waals surface area contributed by atoms with Crippen LogP contribution in [0.25, 0.3) is 0 Å². The molecule has 4 rings (SSSR count). The summed E-state index contributed by atoms with van der Waals surface area (Å²) in [5, 5.41) is 10.4. The Hall–Kier alpha value is -2.53. The van der Waals surface area contributed by atoms with Gasteiger partial charge in [0.15, 0.2) is 0 Å². The lowest BCUT2D eigenvalue weighted by Gasteiger charge is -2.48. The van der Waals surface area contributed by atoms with Crippen molar-refractivity contribution in [3.05, 3.63) is 60.7 Å². The van der Waals surface area contributed by atoms with E-state index in [1.54, 1.807) is 0 Å². The second kappa shape index (κ2) is 13.2. The highest BCUT2D eigenvalue weighted by Crippen LogP contribution is 2.29. The molecule has 41 heavy (non-hydrogen) atoms. The number of hydrazine groups is 2. The Labute approximate surface area is 248 Å². The average molecular weight is 615 g/mol. The van der Waals surface area contributed by atoms with Crippen molar-refractivity contribution in [3.8, 4) is 0 Å². The van der Waals surface area contributed by atoms with Crippen LogP contribution < -0.4 is 10.6 Å². The third-order valence-corrected chi connectivity index (χ3v) is 18.1. The lowest BCUT2D eigenvalue weighted by molar-refractivity contribution is 0.0874. The van der Waals surface area contributed by atoms with Gasteiger partial charge in [-0.15, -0.1) is 0 Å². The number of anilines is 2. The van der Waals surface area contributed by atoms with Gasteiger partial charge < -0.3 is 18.9 Å². The summed E-state index contributed by atoms with van der Waals surface area (Å²) < 4.78 is 17.6. The molecule has 0 bridgehead atoms. The van der Waals surface area contributed by atoms with E-state index in [9.17, 15) is 9.59 Å². The zero-order valence-electron chi connectivity index (χ0n) is 25.4. The molecule has 0 aromatic heterocycles. The molecule has 2 fully saturated rings. The van der Waals surface area contributed by atoms with Gasteiger partial charge >= 0.3 is 37.6 Å². The summed E-state index contributed by atoms with van der Waals surface area (Å²) in [5.74, 6) is 0. The van der Waals surface area contributed by atoms with Crippen molar-refractivity contribution in [1.82, 2.24) is 19.4 Å². The predicted molar refractivity (Wildman–Crippen MR) is 171 cm³/mol. The van der Waals surface area contributed by atoms with Gasteiger partial charge in [0.2, 0.25) is 0 Å². The summed E-state index contributed by atoms with van der Waals surface area (Å²) in [6, 6.07) is 18.7. The predicted octanol–water partition coefficient (Wildman–Crippen LogP) is 6.21. The molecular formula is C28H46N6O4Si3. The Morgan fingerprint density at radius 3 is 1.24 bits per heavy atom. The Kier molecular flexibility index (Phi) is 10.1. The van der Waals surface area contributed by atoms with Gasteiger partial charge in [-0.25, -0.2) is 19.6 Å². The lowest BCUT2D eigenvalue weighted by atomic mass is 10.3. The minimum atomic E-state index is -2.85. The molecule has 0 atom stereocenters. The first-order valence-electron chi connectivity index (χ1n) is 14.6. The molecule has 2 N–H and O–H groups in total. The van der Waals surface area contributed by atoms with Gasteiger partial charge in [0.05, 0.1) is 0 Å². The smallest absolute Gasteiger partial charge is 0.330 e. The Morgan fingerprint density at radius 1 is 0.610 bits per heavy atom. The molecule has 2 aromatic carbocycles. The van der Waals surface area contributed by atoms with Gasteiger partial charge in [-0.3, -0.25) is 9.35 Å². The highest BCUT2D eigenvalue weighted by molar-refractivity contribution is 6.87. The molecule has 4 amide bonds. The zero-order valence-corrected chi connectivity index (χ0v) is 28.4. The Balaban J connectivity index is 1.53. The van der Waals surface area contributed by atoms with Crippen LogP contribution >= 0.6 is 0 Å². The van der Waals surface area contributed by atoms with Crippen molar-refractivity contribution in [3.63, 3.8) is 0 Å². The van der Waals surface area contributed by atoms with Crippen LogP contribution in [0.1, 0.15) is 25.7 Å². The summed E-state index contributed by atoms with van der Waals surface area (Å²) >= 11 is 0. The number of urea groups is 2. The summed E-state index contributed by atoms with van der Waals surface area (Å²) in [6.07, 6.45) is 4.16. The van der Waals surface area contributed by atoms with Crippen LogP contribution in [0.4, 0.5) is 21.0 Å². The van der Waals surface area contributed by atoms with Gasteiger partial charge in [0.25, 0.3) is 0 Å². The fourth-order valence-corrected chi connectivity index (χ4v) is 19.6. The van der Waals surface area contributed by atoms with Crippen molar-refractivity contribution < 1.29 is 17.8 Å². The van der Waals surface area contributed by atoms with Crippen molar-refractivity contribution in [2.24, 2.45) is 0 Å². The quantitative estimate of drug-likeness (QED) is 0.309. The zero-order chi connectivity index (χ0) is 29.7. The molecule has 10 nitrogen and oxygen atoms in total. The van der Waals surface area contributed by atoms with Crippen LogP contribution in [0.3, 0.4) is 0 Å². The minimum absolute atomic E-state index is 0.183. The van der Waals surface area contributed by atoms with Crippen molar-refractivity contribution in [1.29, 1.82) is 0 Å². The average Bonchev–Trinajstić information content (AvgIpc) is 3.59. The van der Waals surface area contributed by atoms with E-state index in [0.29, 0.717) is 0 Å². The Morgan fingerprint density at radius 2 is 0.927 bits per heavy atom. The van der Waals surface area contributed by atoms with E-state index in [4.69, 9.17) is 8.23 Å². The first-order chi connectivity index (χ1) is 19.4. The number of nitrogens with zero attached hydrogens (tertiary/aromatic N) is 4. The van der Waals surface area contributed by atoms with Crippen LogP contribution in [0.5, 0.6) is 0 Å². The van der Waals surface area contributed by atoms with Crippen molar-refractivity contribution in [2.75, 3.05) is 36.8 Å². The Bertz CT molecular complexity index is 1070. The van der Waals surface area contributed by atoms with E-state index >= 15 is 0 Å². The lowest BCUT2D eigenvalue weighted by Crippen LogP contribution is -2.69. The second-order valence-electron chi connectivity index (χ2n) is 12.0. The molecule has 2 aliphatic rings. The number of carbonyl (C=O) groups is 2. The largest absolute Gasteiger partial charge is 0.419 e. The van der Waals surface area contributed by atoms with Gasteiger partial charge in [-0.1, -0.05) is 36.4 Å². The van der Waals surface area contributed by atoms with Gasteiger partial charge in [-0.05, 0) is 89.2 Å². The number of carbonyl (C=O) groups excluding carboxylic acids is 2. The number of rotatable bonds is 10. The number of para-hydroxylation sites is 2. The standard InChI is InChI=1S/C28H46N6O4Si3/c1-39(2,33(31-21-13-14-22-31)27(35)29-25-17-9-7-10-18-25)37-41(5,6)38-40(3,4)34(32-23-15-16-24-32)28(36)30-26-19-11-8-12-20-26/h7-12,17-20H,13-16,21-24H2,1-6H3,(H,29,35)(H,30,36). The fourth-order valence-electron chi connectivity index (χ4n) is 5.93. The van der Waals surface area contributed by atoms with E-state index < -0.39 is 25.5 Å². The maximum absolute atomic E-state index is 13.7. The maximum Gasteiger partial charge on any atom is 0.330 e. The number of amides is 4. The SMILES string of the molecule is C[Si](C)(O[Si](C)(C)N(C(=O)Nc1ccccc1)N1CCCC1)O[Si](C)(C)N(C(=O)Nc1ccccc1)N1CCCC1. The van der Waals surface area contributed by atoms with E-state index in [1.807, 2.05) is 83.1 Å². The first kappa shape index (κ1) is 31.4. The fraction of sp³-hybridized carbons (Fsp3) is 0.500. The molecule has 0 saturated carbocycles. The molecule has 0 spiro atoms. The van der Waals surface area contributed by atoms with E-state index in [2.05, 4.69) is 46.8 Å². The number of nitrogens with one attached hydrogen (secondary N) is 2. The van der Waals surface area contributed by atoms with Gasteiger partial charge in [0.1, 0.15) is 0 Å². The highest BCUT2D eigenvalue weighted by atomic mass is 28.5. The minimum Gasteiger partial charge on any atom is -0.419 e. The third-order valence-electron chi connectivity index (χ3n) is 7.18. The normalized spacial score (nSPS) is 16.9. The monoisotopic (exact) mass is 614 g/mol. The van der Waals surface area contributed by atoms with E-state index in [1.165, 1.54) is 0 Å². The number of hydrogen-bond donors (Lipinski definition) is 2. The van der Waals surface area contributed by atoms with Crippen molar-refractivity contribution in [2.45, 2.75) is 65.0 Å². The summed E-state index contributed by atoms with van der Waals surface area (Å²) in [5.41, 5.74) is 1.50. The van der Waals surface area contributed by atoms with Crippen LogP contribution in [-0.2, 0) is 8.23 Å². The molecule has 0 aliphatic carbocycles. The van der Waals surface area contributed by atoms with Crippen LogP contribution in [-0.4, -0.2) is 83.1 Å². The molecule has 0 radical (unpaired) electrons. The summed E-state index contributed by atoms with van der Waals surface area (Å²) in [7, 11) is -8.51. The van der Waals surface area contributed by atoms with Crippen LogP contribution in [0, 0.1) is 0 Å². The molecule has 2 heterocycles. The van der Waals surface area contributed by atoms with Crippen LogP contribution in [0.15, 0.2) is 60.7 Å². The molecule has 2 aromatic rings. The molecule has 0 unspecified atom stereocenters. The molecular weight excluding hydrogens is 569 g/mol. The first-order valence-corrected chi connectivity index (χ1v) is 23.1. The third kappa shape index (κ3) is 8.28. The molecule has 2 saturated heterocycles. The summed E-state index contributed by atoms with van der Waals surface area (Å²) in [4.78, 5) is 27.4. The van der Waals surface area contributed by atoms with Gasteiger partial charge in [-0.2, -0.15) is 0 Å².